The molecule has 0 atom stereocenters. The second kappa shape index (κ2) is 8.22. The lowest BCUT2D eigenvalue weighted by Gasteiger charge is -2.35. The molecule has 0 saturated heterocycles. The first kappa shape index (κ1) is 19.4. The minimum Gasteiger partial charge on any atom is -0.449 e. The van der Waals surface area contributed by atoms with E-state index in [9.17, 15) is 9.59 Å². The molecule has 2 aromatic rings. The Morgan fingerprint density at radius 2 is 1.69 bits per heavy atom. The van der Waals surface area contributed by atoms with Crippen LogP contribution in [0.15, 0.2) is 53.5 Å². The Hall–Kier alpha value is -2.91. The summed E-state index contributed by atoms with van der Waals surface area (Å²) in [5.41, 5.74) is 4.88. The molecule has 0 spiro atoms. The van der Waals surface area contributed by atoms with E-state index in [4.69, 9.17) is 4.74 Å². The highest BCUT2D eigenvalue weighted by Crippen LogP contribution is 2.44. The second-order valence-electron chi connectivity index (χ2n) is 8.44. The fourth-order valence-corrected chi connectivity index (χ4v) is 4.61. The fourth-order valence-electron chi connectivity index (χ4n) is 4.61. The maximum absolute atomic E-state index is 12.4. The van der Waals surface area contributed by atoms with Crippen LogP contribution in [0.3, 0.4) is 0 Å². The predicted molar refractivity (Wildman–Crippen MR) is 112 cm³/mol. The van der Waals surface area contributed by atoms with E-state index in [1.165, 1.54) is 22.3 Å². The number of hydrogen-bond donors (Lipinski definition) is 1. The van der Waals surface area contributed by atoms with Gasteiger partial charge in [-0.05, 0) is 53.4 Å². The van der Waals surface area contributed by atoms with Gasteiger partial charge in [0.25, 0.3) is 0 Å². The number of aliphatic imine (C=N–C) groups is 1. The molecule has 0 aliphatic heterocycles. The summed E-state index contributed by atoms with van der Waals surface area (Å²) in [5, 5.41) is 2.94. The van der Waals surface area contributed by atoms with Gasteiger partial charge in [0.15, 0.2) is 0 Å². The highest BCUT2D eigenvalue weighted by atomic mass is 16.5. The molecular weight excluding hydrogens is 364 g/mol. The maximum Gasteiger partial charge on any atom is 0.407 e. The van der Waals surface area contributed by atoms with Crippen molar-refractivity contribution in [2.24, 2.45) is 10.4 Å². The topological polar surface area (TPSA) is 67.8 Å². The zero-order valence-electron chi connectivity index (χ0n) is 16.7. The highest BCUT2D eigenvalue weighted by Gasteiger charge is 2.32. The molecule has 2 aliphatic rings. The number of hydrogen-bond acceptors (Lipinski definition) is 4. The zero-order valence-corrected chi connectivity index (χ0v) is 16.7. The number of isocyanates is 1. The van der Waals surface area contributed by atoms with Crippen LogP contribution in [-0.4, -0.2) is 31.4 Å². The molecule has 150 valence electrons. The van der Waals surface area contributed by atoms with Gasteiger partial charge in [-0.1, -0.05) is 55.5 Å². The van der Waals surface area contributed by atoms with E-state index in [2.05, 4.69) is 41.5 Å². The second-order valence-corrected chi connectivity index (χ2v) is 8.44. The van der Waals surface area contributed by atoms with Crippen LogP contribution >= 0.6 is 0 Å². The van der Waals surface area contributed by atoms with E-state index in [1.54, 1.807) is 6.08 Å². The van der Waals surface area contributed by atoms with Gasteiger partial charge < -0.3 is 10.1 Å². The quantitative estimate of drug-likeness (QED) is 0.588. The smallest absolute Gasteiger partial charge is 0.407 e. The summed E-state index contributed by atoms with van der Waals surface area (Å²) in [7, 11) is 0. The summed E-state index contributed by atoms with van der Waals surface area (Å²) in [4.78, 5) is 26.6. The predicted octanol–water partition coefficient (Wildman–Crippen LogP) is 4.81. The van der Waals surface area contributed by atoms with Gasteiger partial charge in [0.1, 0.15) is 6.61 Å². The molecule has 5 nitrogen and oxygen atoms in total. The normalized spacial score (nSPS) is 22.9. The molecule has 1 amide bonds. The van der Waals surface area contributed by atoms with Crippen LogP contribution in [-0.2, 0) is 9.53 Å². The van der Waals surface area contributed by atoms with Crippen LogP contribution in [0, 0.1) is 5.41 Å². The lowest BCUT2D eigenvalue weighted by molar-refractivity contribution is 0.130. The van der Waals surface area contributed by atoms with Gasteiger partial charge >= 0.3 is 6.09 Å². The van der Waals surface area contributed by atoms with E-state index in [0.29, 0.717) is 13.2 Å². The van der Waals surface area contributed by atoms with E-state index in [-0.39, 0.29) is 23.5 Å². The van der Waals surface area contributed by atoms with Gasteiger partial charge in [-0.2, -0.15) is 0 Å². The number of rotatable bonds is 5. The average Bonchev–Trinajstić information content (AvgIpc) is 3.07. The number of nitrogens with one attached hydrogen (secondary N) is 1. The Morgan fingerprint density at radius 3 is 2.28 bits per heavy atom. The van der Waals surface area contributed by atoms with Crippen molar-refractivity contribution in [3.63, 3.8) is 0 Å². The molecule has 1 saturated carbocycles. The highest BCUT2D eigenvalue weighted by molar-refractivity contribution is 5.79. The summed E-state index contributed by atoms with van der Waals surface area (Å²) in [6.07, 6.45) is 4.85. The maximum atomic E-state index is 12.4. The van der Waals surface area contributed by atoms with E-state index in [1.807, 2.05) is 24.3 Å². The molecule has 0 bridgehead atoms. The van der Waals surface area contributed by atoms with Gasteiger partial charge in [-0.3, -0.25) is 0 Å². The van der Waals surface area contributed by atoms with Crippen molar-refractivity contribution in [2.45, 2.75) is 44.6 Å². The molecule has 0 heterocycles. The minimum absolute atomic E-state index is 0.0144. The van der Waals surface area contributed by atoms with Crippen LogP contribution in [0.5, 0.6) is 0 Å². The van der Waals surface area contributed by atoms with E-state index in [0.717, 1.165) is 25.7 Å². The first-order chi connectivity index (χ1) is 14.1. The third kappa shape index (κ3) is 4.10. The van der Waals surface area contributed by atoms with Crippen LogP contribution in [0.4, 0.5) is 4.79 Å². The Morgan fingerprint density at radius 1 is 1.10 bits per heavy atom. The van der Waals surface area contributed by atoms with Crippen molar-refractivity contribution in [1.29, 1.82) is 0 Å². The van der Waals surface area contributed by atoms with Crippen molar-refractivity contribution >= 4 is 12.2 Å². The molecule has 2 aliphatic carbocycles. The number of carbonyl (C=O) groups is 1. The lowest BCUT2D eigenvalue weighted by Crippen LogP contribution is -2.39. The summed E-state index contributed by atoms with van der Waals surface area (Å²) >= 11 is 0. The van der Waals surface area contributed by atoms with Crippen molar-refractivity contribution in [2.75, 3.05) is 13.2 Å². The third-order valence-electron chi connectivity index (χ3n) is 6.40. The first-order valence-corrected chi connectivity index (χ1v) is 10.3. The SMILES string of the molecule is CC1(CNC(=O)OCC2c3ccccc3-c3ccccc32)CCC(N=C=O)CC1. The third-order valence-corrected chi connectivity index (χ3v) is 6.40. The largest absolute Gasteiger partial charge is 0.449 e. The van der Waals surface area contributed by atoms with Crippen LogP contribution < -0.4 is 5.32 Å². The molecule has 29 heavy (non-hydrogen) atoms. The molecular formula is C24H26N2O3. The number of benzene rings is 2. The summed E-state index contributed by atoms with van der Waals surface area (Å²) in [6.45, 7) is 3.06. The number of fused-ring (bicyclic) bond motifs is 3. The molecule has 4 rings (SSSR count). The molecule has 5 heteroatoms. The van der Waals surface area contributed by atoms with E-state index < -0.39 is 0 Å². The number of alkyl carbamates (subject to hydrolysis) is 1. The minimum atomic E-state index is -0.374. The van der Waals surface area contributed by atoms with Crippen LogP contribution in [0.2, 0.25) is 0 Å². The lowest BCUT2D eigenvalue weighted by atomic mass is 9.74. The molecule has 0 radical (unpaired) electrons. The summed E-state index contributed by atoms with van der Waals surface area (Å²) in [5.74, 6) is 0.0698. The number of ether oxygens (including phenoxy) is 1. The van der Waals surface area contributed by atoms with E-state index >= 15 is 0 Å². The molecule has 1 N–H and O–H groups in total. The van der Waals surface area contributed by atoms with Crippen LogP contribution in [0.25, 0.3) is 11.1 Å². The summed E-state index contributed by atoms with van der Waals surface area (Å²) in [6, 6.07) is 16.7. The van der Waals surface area contributed by atoms with Gasteiger partial charge in [0.05, 0.1) is 6.04 Å². The number of carbonyl (C=O) groups excluding carboxylic acids is 2. The van der Waals surface area contributed by atoms with Crippen molar-refractivity contribution in [1.82, 2.24) is 5.32 Å². The van der Waals surface area contributed by atoms with Crippen molar-refractivity contribution in [3.05, 3.63) is 59.7 Å². The van der Waals surface area contributed by atoms with Crippen molar-refractivity contribution in [3.8, 4) is 11.1 Å². The molecule has 0 aromatic heterocycles. The van der Waals surface area contributed by atoms with Gasteiger partial charge in [-0.25, -0.2) is 14.6 Å². The van der Waals surface area contributed by atoms with Crippen LogP contribution in [0.1, 0.15) is 49.7 Å². The number of amides is 1. The molecule has 1 fully saturated rings. The van der Waals surface area contributed by atoms with Gasteiger partial charge in [0.2, 0.25) is 6.08 Å². The Labute approximate surface area is 171 Å². The summed E-state index contributed by atoms with van der Waals surface area (Å²) < 4.78 is 5.62. The van der Waals surface area contributed by atoms with Crippen molar-refractivity contribution < 1.29 is 14.3 Å². The Balaban J connectivity index is 1.33. The first-order valence-electron chi connectivity index (χ1n) is 10.3. The molecule has 0 unspecified atom stereocenters. The average molecular weight is 390 g/mol. The Bertz CT molecular complexity index is 895. The number of nitrogens with zero attached hydrogens (tertiary/aromatic N) is 1. The Kier molecular flexibility index (Phi) is 5.50. The fraction of sp³-hybridized carbons (Fsp3) is 0.417. The molecule has 2 aromatic carbocycles. The monoisotopic (exact) mass is 390 g/mol. The zero-order chi connectivity index (χ0) is 20.3. The van der Waals surface area contributed by atoms with Gasteiger partial charge in [-0.15, -0.1) is 0 Å². The standard InChI is InChI=1S/C24H26N2O3/c1-24(12-10-17(11-13-24)26-16-27)15-25-23(28)29-14-22-20-8-4-2-6-18(20)19-7-3-5-9-21(19)22/h2-9,17,22H,10-15H2,1H3,(H,25,28). The van der Waals surface area contributed by atoms with Gasteiger partial charge in [0, 0.05) is 12.5 Å².